The van der Waals surface area contributed by atoms with E-state index in [1.54, 1.807) is 36.5 Å². The molecule has 0 aliphatic carbocycles. The van der Waals surface area contributed by atoms with Gasteiger partial charge >= 0.3 is 0 Å². The van der Waals surface area contributed by atoms with Crippen LogP contribution in [-0.4, -0.2) is 16.0 Å². The minimum absolute atomic E-state index is 0.300. The van der Waals surface area contributed by atoms with Crippen LogP contribution in [0, 0.1) is 18.3 Å². The number of rotatable bonds is 7. The van der Waals surface area contributed by atoms with Crippen molar-refractivity contribution in [2.45, 2.75) is 23.6 Å². The lowest BCUT2D eigenvalue weighted by Crippen LogP contribution is -2.14. The molecule has 8 heteroatoms. The van der Waals surface area contributed by atoms with Crippen molar-refractivity contribution in [1.82, 2.24) is 10.1 Å². The minimum atomic E-state index is -0.495. The van der Waals surface area contributed by atoms with Crippen molar-refractivity contribution >= 4 is 35.0 Å². The van der Waals surface area contributed by atoms with Crippen LogP contribution in [0.2, 0.25) is 5.02 Å². The van der Waals surface area contributed by atoms with E-state index in [1.807, 2.05) is 43.3 Å². The van der Waals surface area contributed by atoms with Crippen LogP contribution in [0.1, 0.15) is 38.9 Å². The van der Waals surface area contributed by atoms with Crippen molar-refractivity contribution in [2.75, 3.05) is 5.32 Å². The van der Waals surface area contributed by atoms with Crippen LogP contribution in [0.3, 0.4) is 0 Å². The number of amides is 1. The molecule has 0 aliphatic rings. The molecule has 0 fully saturated rings. The molecule has 0 radical (unpaired) electrons. The number of hydrogen-bond acceptors (Lipinski definition) is 6. The summed E-state index contributed by atoms with van der Waals surface area (Å²) in [6, 6.07) is 22.2. The highest BCUT2D eigenvalue weighted by molar-refractivity contribution is 7.98. The molecule has 2 heterocycles. The third-order valence-electron chi connectivity index (χ3n) is 4.88. The monoisotopic (exact) mass is 474 g/mol. The van der Waals surface area contributed by atoms with Crippen LogP contribution >= 0.6 is 23.4 Å². The normalized spacial score (nSPS) is 11.5. The Morgan fingerprint density at radius 1 is 1.18 bits per heavy atom. The van der Waals surface area contributed by atoms with Gasteiger partial charge in [-0.15, -0.1) is 0 Å². The summed E-state index contributed by atoms with van der Waals surface area (Å²) in [6.45, 7) is 1.83. The van der Waals surface area contributed by atoms with Crippen LogP contribution in [-0.2, 0) is 5.75 Å². The number of anilines is 1. The number of pyridine rings is 1. The fourth-order valence-electron chi connectivity index (χ4n) is 3.31. The Hall–Kier alpha value is -3.60. The highest BCUT2D eigenvalue weighted by atomic mass is 35.5. The number of carbonyl (C=O) groups is 1. The summed E-state index contributed by atoms with van der Waals surface area (Å²) in [5.74, 6) is 0.468. The van der Waals surface area contributed by atoms with E-state index in [1.165, 1.54) is 11.8 Å². The molecule has 1 atom stereocenters. The Bertz CT molecular complexity index is 1320. The van der Waals surface area contributed by atoms with E-state index in [-0.39, 0.29) is 5.91 Å². The van der Waals surface area contributed by atoms with E-state index < -0.39 is 5.92 Å². The van der Waals surface area contributed by atoms with Crippen molar-refractivity contribution in [2.24, 2.45) is 0 Å². The zero-order valence-electron chi connectivity index (χ0n) is 17.7. The average molecular weight is 475 g/mol. The molecule has 4 rings (SSSR count). The SMILES string of the molecule is Cc1cc(CSc2ncccc2C(=O)Nc2ccc(C(C#N)c3ccccc3)c(Cl)c2)no1. The Balaban J connectivity index is 1.50. The molecular weight excluding hydrogens is 456 g/mol. The van der Waals surface area contributed by atoms with Gasteiger partial charge in [-0.3, -0.25) is 4.79 Å². The third kappa shape index (κ3) is 5.43. The van der Waals surface area contributed by atoms with Crippen molar-refractivity contribution in [3.05, 3.63) is 106 Å². The van der Waals surface area contributed by atoms with Crippen LogP contribution in [0.25, 0.3) is 0 Å². The number of carbonyl (C=O) groups excluding carboxylic acids is 1. The molecule has 2 aromatic heterocycles. The molecule has 33 heavy (non-hydrogen) atoms. The van der Waals surface area contributed by atoms with Crippen LogP contribution in [0.4, 0.5) is 5.69 Å². The molecule has 6 nitrogen and oxygen atoms in total. The summed E-state index contributed by atoms with van der Waals surface area (Å²) in [7, 11) is 0. The number of thioether (sulfide) groups is 1. The first-order chi connectivity index (χ1) is 16.0. The zero-order valence-corrected chi connectivity index (χ0v) is 19.2. The zero-order chi connectivity index (χ0) is 23.2. The van der Waals surface area contributed by atoms with Crippen molar-refractivity contribution in [3.8, 4) is 6.07 Å². The van der Waals surface area contributed by atoms with E-state index in [4.69, 9.17) is 16.1 Å². The van der Waals surface area contributed by atoms with E-state index in [9.17, 15) is 10.1 Å². The molecule has 0 spiro atoms. The largest absolute Gasteiger partial charge is 0.361 e. The second-order valence-corrected chi connectivity index (χ2v) is 8.61. The van der Waals surface area contributed by atoms with Gasteiger partial charge in [-0.2, -0.15) is 5.26 Å². The van der Waals surface area contributed by atoms with E-state index in [0.29, 0.717) is 32.6 Å². The smallest absolute Gasteiger partial charge is 0.258 e. The van der Waals surface area contributed by atoms with Gasteiger partial charge in [0.15, 0.2) is 0 Å². The lowest BCUT2D eigenvalue weighted by atomic mass is 9.92. The van der Waals surface area contributed by atoms with E-state index >= 15 is 0 Å². The quantitative estimate of drug-likeness (QED) is 0.319. The summed E-state index contributed by atoms with van der Waals surface area (Å²) in [5.41, 5.74) is 3.30. The molecule has 164 valence electrons. The van der Waals surface area contributed by atoms with Crippen LogP contribution in [0.15, 0.2) is 82.5 Å². The number of nitrogens with one attached hydrogen (secondary N) is 1. The Morgan fingerprint density at radius 2 is 2.00 bits per heavy atom. The number of aromatic nitrogens is 2. The topological polar surface area (TPSA) is 91.8 Å². The summed E-state index contributed by atoms with van der Waals surface area (Å²) >= 11 is 7.90. The van der Waals surface area contributed by atoms with Gasteiger partial charge in [0, 0.05) is 28.7 Å². The molecule has 4 aromatic rings. The standard InChI is InChI=1S/C25H19ClN4O2S/c1-16-12-19(30-32-16)15-33-25-21(8-5-11-28-25)24(31)29-18-9-10-20(23(26)13-18)22(14-27)17-6-3-2-4-7-17/h2-13,22H,15H2,1H3,(H,29,31). The second-order valence-electron chi connectivity index (χ2n) is 7.24. The van der Waals surface area contributed by atoms with Crippen LogP contribution in [0.5, 0.6) is 0 Å². The number of nitrogens with zero attached hydrogens (tertiary/aromatic N) is 3. The van der Waals surface area contributed by atoms with Crippen molar-refractivity contribution in [1.29, 1.82) is 5.26 Å². The first-order valence-electron chi connectivity index (χ1n) is 10.1. The first kappa shape index (κ1) is 22.6. The van der Waals surface area contributed by atoms with Gasteiger partial charge in [0.25, 0.3) is 5.91 Å². The fraction of sp³-hybridized carbons (Fsp3) is 0.120. The van der Waals surface area contributed by atoms with Crippen molar-refractivity contribution < 1.29 is 9.32 Å². The lowest BCUT2D eigenvalue weighted by Gasteiger charge is -2.14. The van der Waals surface area contributed by atoms with Crippen LogP contribution < -0.4 is 5.32 Å². The maximum atomic E-state index is 13.0. The number of hydrogen-bond donors (Lipinski definition) is 1. The molecule has 2 aromatic carbocycles. The molecule has 0 aliphatic heterocycles. The molecule has 1 N–H and O–H groups in total. The summed E-state index contributed by atoms with van der Waals surface area (Å²) in [4.78, 5) is 17.3. The molecular formula is C25H19ClN4O2S. The van der Waals surface area contributed by atoms with Gasteiger partial charge in [-0.05, 0) is 42.3 Å². The summed E-state index contributed by atoms with van der Waals surface area (Å²) < 4.78 is 5.09. The number of aryl methyl sites for hydroxylation is 1. The molecule has 1 unspecified atom stereocenters. The molecule has 0 saturated heterocycles. The minimum Gasteiger partial charge on any atom is -0.361 e. The summed E-state index contributed by atoms with van der Waals surface area (Å²) in [6.07, 6.45) is 1.64. The molecule has 1 amide bonds. The van der Waals surface area contributed by atoms with E-state index in [2.05, 4.69) is 21.5 Å². The first-order valence-corrected chi connectivity index (χ1v) is 11.5. The van der Waals surface area contributed by atoms with Gasteiger partial charge in [0.2, 0.25) is 0 Å². The summed E-state index contributed by atoms with van der Waals surface area (Å²) in [5, 5.41) is 17.5. The fourth-order valence-corrected chi connectivity index (χ4v) is 4.48. The average Bonchev–Trinajstić information content (AvgIpc) is 3.25. The highest BCUT2D eigenvalue weighted by Crippen LogP contribution is 2.32. The number of halogens is 1. The predicted molar refractivity (Wildman–Crippen MR) is 128 cm³/mol. The Morgan fingerprint density at radius 3 is 2.70 bits per heavy atom. The van der Waals surface area contributed by atoms with Gasteiger partial charge < -0.3 is 9.84 Å². The van der Waals surface area contributed by atoms with E-state index in [0.717, 1.165) is 17.0 Å². The predicted octanol–water partition coefficient (Wildman–Crippen LogP) is 6.23. The Kier molecular flexibility index (Phi) is 7.08. The number of nitriles is 1. The second kappa shape index (κ2) is 10.3. The maximum absolute atomic E-state index is 13.0. The van der Waals surface area contributed by atoms with Gasteiger partial charge in [0.05, 0.1) is 23.2 Å². The molecule has 0 bridgehead atoms. The maximum Gasteiger partial charge on any atom is 0.258 e. The van der Waals surface area contributed by atoms with Gasteiger partial charge in [-0.25, -0.2) is 4.98 Å². The number of benzene rings is 2. The molecule has 0 saturated carbocycles. The third-order valence-corrected chi connectivity index (χ3v) is 6.25. The van der Waals surface area contributed by atoms with Gasteiger partial charge in [-0.1, -0.05) is 64.9 Å². The Labute approximate surface area is 200 Å². The lowest BCUT2D eigenvalue weighted by molar-refractivity contribution is 0.102. The van der Waals surface area contributed by atoms with Gasteiger partial charge in [0.1, 0.15) is 10.8 Å². The highest BCUT2D eigenvalue weighted by Gasteiger charge is 2.18. The van der Waals surface area contributed by atoms with Crippen molar-refractivity contribution in [3.63, 3.8) is 0 Å².